The van der Waals surface area contributed by atoms with Crippen LogP contribution >= 0.6 is 0 Å². The van der Waals surface area contributed by atoms with E-state index in [9.17, 15) is 4.79 Å². The lowest BCUT2D eigenvalue weighted by molar-refractivity contribution is 0.0600. The molecular formula is C23H26N6O2. The second-order valence-electron chi connectivity index (χ2n) is 7.65. The fraction of sp³-hybridized carbons (Fsp3) is 0.304. The molecule has 0 radical (unpaired) electrons. The lowest BCUT2D eigenvalue weighted by atomic mass is 10.1. The number of anilines is 1. The van der Waals surface area contributed by atoms with Crippen molar-refractivity contribution in [2.45, 2.75) is 13.3 Å². The summed E-state index contributed by atoms with van der Waals surface area (Å²) in [4.78, 5) is 29.3. The molecule has 0 fully saturated rings. The van der Waals surface area contributed by atoms with Crippen LogP contribution in [0.3, 0.4) is 0 Å². The lowest BCUT2D eigenvalue weighted by Crippen LogP contribution is -2.23. The number of benzene rings is 1. The molecule has 0 saturated heterocycles. The summed E-state index contributed by atoms with van der Waals surface area (Å²) in [6, 6.07) is 11.9. The van der Waals surface area contributed by atoms with Gasteiger partial charge in [-0.2, -0.15) is 0 Å². The number of ether oxygens (including phenoxy) is 1. The number of H-pyrrole nitrogens is 1. The number of esters is 1. The summed E-state index contributed by atoms with van der Waals surface area (Å²) in [5.74, 6) is 1.44. The molecule has 1 aromatic carbocycles. The van der Waals surface area contributed by atoms with Crippen molar-refractivity contribution in [2.24, 2.45) is 5.92 Å². The van der Waals surface area contributed by atoms with Crippen molar-refractivity contribution in [1.82, 2.24) is 25.3 Å². The molecule has 0 aliphatic carbocycles. The van der Waals surface area contributed by atoms with Crippen LogP contribution < -0.4 is 10.6 Å². The number of aromatic amines is 1. The predicted octanol–water partition coefficient (Wildman–Crippen LogP) is 3.15. The van der Waals surface area contributed by atoms with E-state index in [2.05, 4.69) is 39.7 Å². The molecule has 3 heterocycles. The third-order valence-corrected chi connectivity index (χ3v) is 5.13. The zero-order valence-corrected chi connectivity index (χ0v) is 17.9. The summed E-state index contributed by atoms with van der Waals surface area (Å²) in [5.41, 5.74) is 3.65. The Morgan fingerprint density at radius 3 is 2.74 bits per heavy atom. The molecule has 31 heavy (non-hydrogen) atoms. The van der Waals surface area contributed by atoms with Crippen molar-refractivity contribution in [3.8, 4) is 0 Å². The van der Waals surface area contributed by atoms with Crippen molar-refractivity contribution in [3.63, 3.8) is 0 Å². The summed E-state index contributed by atoms with van der Waals surface area (Å²) in [6.07, 6.45) is 2.14. The van der Waals surface area contributed by atoms with Crippen molar-refractivity contribution in [1.29, 1.82) is 0 Å². The Balaban J connectivity index is 1.79. The molecule has 4 aromatic rings. The zero-order valence-electron chi connectivity index (χ0n) is 17.9. The average molecular weight is 419 g/mol. The van der Waals surface area contributed by atoms with Gasteiger partial charge in [-0.05, 0) is 31.1 Å². The van der Waals surface area contributed by atoms with Crippen LogP contribution in [0.1, 0.15) is 28.7 Å². The SMILES string of the molecule is CNCC(C)CNc1nc(Cc2ccccc2)nc2[nH]c3cc(C(=O)OC)cnc3c12. The second kappa shape index (κ2) is 9.09. The molecule has 160 valence electrons. The van der Waals surface area contributed by atoms with Crippen LogP contribution in [0.4, 0.5) is 5.82 Å². The van der Waals surface area contributed by atoms with E-state index >= 15 is 0 Å². The van der Waals surface area contributed by atoms with Gasteiger partial charge in [0.1, 0.15) is 22.8 Å². The summed E-state index contributed by atoms with van der Waals surface area (Å²) in [6.45, 7) is 3.82. The average Bonchev–Trinajstić information content (AvgIpc) is 3.15. The third-order valence-electron chi connectivity index (χ3n) is 5.13. The number of carbonyl (C=O) groups is 1. The molecule has 8 nitrogen and oxygen atoms in total. The summed E-state index contributed by atoms with van der Waals surface area (Å²) < 4.78 is 4.82. The van der Waals surface area contributed by atoms with Crippen LogP contribution in [0.2, 0.25) is 0 Å². The molecule has 4 rings (SSSR count). The first-order valence-corrected chi connectivity index (χ1v) is 10.3. The normalized spacial score (nSPS) is 12.2. The van der Waals surface area contributed by atoms with E-state index in [1.165, 1.54) is 13.3 Å². The maximum absolute atomic E-state index is 11.9. The van der Waals surface area contributed by atoms with Crippen molar-refractivity contribution >= 4 is 33.9 Å². The van der Waals surface area contributed by atoms with Crippen molar-refractivity contribution in [3.05, 3.63) is 59.5 Å². The second-order valence-corrected chi connectivity index (χ2v) is 7.65. The van der Waals surface area contributed by atoms with Gasteiger partial charge in [0.25, 0.3) is 0 Å². The van der Waals surface area contributed by atoms with Crippen LogP contribution in [0.25, 0.3) is 22.1 Å². The highest BCUT2D eigenvalue weighted by Crippen LogP contribution is 2.29. The Morgan fingerprint density at radius 1 is 1.19 bits per heavy atom. The third kappa shape index (κ3) is 4.49. The minimum absolute atomic E-state index is 0.385. The number of nitrogens with zero attached hydrogens (tertiary/aromatic N) is 3. The Morgan fingerprint density at radius 2 is 2.00 bits per heavy atom. The van der Waals surface area contributed by atoms with E-state index in [4.69, 9.17) is 14.7 Å². The van der Waals surface area contributed by atoms with Crippen LogP contribution in [0.5, 0.6) is 0 Å². The monoisotopic (exact) mass is 418 g/mol. The van der Waals surface area contributed by atoms with Gasteiger partial charge < -0.3 is 20.4 Å². The zero-order chi connectivity index (χ0) is 21.8. The molecular weight excluding hydrogens is 392 g/mol. The highest BCUT2D eigenvalue weighted by Gasteiger charge is 2.17. The molecule has 0 spiro atoms. The summed E-state index contributed by atoms with van der Waals surface area (Å²) in [7, 11) is 3.30. The first-order valence-electron chi connectivity index (χ1n) is 10.3. The highest BCUT2D eigenvalue weighted by atomic mass is 16.5. The first kappa shape index (κ1) is 20.7. The van der Waals surface area contributed by atoms with E-state index in [1.807, 2.05) is 25.2 Å². The van der Waals surface area contributed by atoms with Crippen LogP contribution in [0.15, 0.2) is 42.6 Å². The van der Waals surface area contributed by atoms with Crippen LogP contribution in [-0.2, 0) is 11.2 Å². The Hall–Kier alpha value is -3.52. The smallest absolute Gasteiger partial charge is 0.339 e. The van der Waals surface area contributed by atoms with Crippen LogP contribution in [0, 0.1) is 5.92 Å². The van der Waals surface area contributed by atoms with Crippen molar-refractivity contribution < 1.29 is 9.53 Å². The molecule has 0 aliphatic heterocycles. The number of hydrogen-bond acceptors (Lipinski definition) is 7. The Kier molecular flexibility index (Phi) is 6.08. The van der Waals surface area contributed by atoms with E-state index in [1.54, 1.807) is 6.07 Å². The molecule has 1 unspecified atom stereocenters. The van der Waals surface area contributed by atoms with Gasteiger partial charge in [0.2, 0.25) is 0 Å². The molecule has 3 aromatic heterocycles. The number of carbonyl (C=O) groups excluding carboxylic acids is 1. The minimum Gasteiger partial charge on any atom is -0.465 e. The van der Waals surface area contributed by atoms with Crippen molar-refractivity contribution in [2.75, 3.05) is 32.6 Å². The molecule has 0 aliphatic rings. The Bertz CT molecular complexity index is 1210. The van der Waals surface area contributed by atoms with Gasteiger partial charge in [-0.1, -0.05) is 37.3 Å². The number of rotatable bonds is 8. The molecule has 8 heteroatoms. The Labute approximate surface area is 180 Å². The number of hydrogen-bond donors (Lipinski definition) is 3. The first-order chi connectivity index (χ1) is 15.1. The molecule has 3 N–H and O–H groups in total. The largest absolute Gasteiger partial charge is 0.465 e. The molecule has 0 saturated carbocycles. The fourth-order valence-corrected chi connectivity index (χ4v) is 3.62. The maximum Gasteiger partial charge on any atom is 0.339 e. The number of aromatic nitrogens is 4. The van der Waals surface area contributed by atoms with Crippen LogP contribution in [-0.4, -0.2) is 53.2 Å². The van der Waals surface area contributed by atoms with E-state index < -0.39 is 5.97 Å². The summed E-state index contributed by atoms with van der Waals surface area (Å²) in [5, 5.41) is 7.50. The maximum atomic E-state index is 11.9. The predicted molar refractivity (Wildman–Crippen MR) is 121 cm³/mol. The molecule has 1 atom stereocenters. The van der Waals surface area contributed by atoms with E-state index in [0.717, 1.165) is 40.9 Å². The lowest BCUT2D eigenvalue weighted by Gasteiger charge is -2.14. The summed E-state index contributed by atoms with van der Waals surface area (Å²) >= 11 is 0. The number of pyridine rings is 1. The van der Waals surface area contributed by atoms with Gasteiger partial charge in [0, 0.05) is 19.2 Å². The van der Waals surface area contributed by atoms with Gasteiger partial charge >= 0.3 is 5.97 Å². The van der Waals surface area contributed by atoms with E-state index in [-0.39, 0.29) is 0 Å². The number of fused-ring (bicyclic) bond motifs is 3. The fourth-order valence-electron chi connectivity index (χ4n) is 3.62. The highest BCUT2D eigenvalue weighted by molar-refractivity contribution is 6.10. The number of nitrogens with one attached hydrogen (secondary N) is 3. The quantitative estimate of drug-likeness (QED) is 0.378. The van der Waals surface area contributed by atoms with Gasteiger partial charge in [0.15, 0.2) is 0 Å². The minimum atomic E-state index is -0.428. The topological polar surface area (TPSA) is 105 Å². The molecule has 0 amide bonds. The van der Waals surface area contributed by atoms with E-state index in [0.29, 0.717) is 29.4 Å². The molecule has 0 bridgehead atoms. The standard InChI is InChI=1S/C23H26N6O2/c1-14(11-24-2)12-26-21-19-20-17(10-16(13-25-20)23(30)31-3)27-22(19)29-18(28-21)9-15-7-5-4-6-8-15/h4-8,10,13-14,24H,9,11-12H2,1-3H3,(H2,26,27,28,29). The van der Waals surface area contributed by atoms with Gasteiger partial charge in [0.05, 0.1) is 23.6 Å². The van der Waals surface area contributed by atoms with Gasteiger partial charge in [-0.25, -0.2) is 14.8 Å². The van der Waals surface area contributed by atoms with Gasteiger partial charge in [-0.3, -0.25) is 4.98 Å². The van der Waals surface area contributed by atoms with Gasteiger partial charge in [-0.15, -0.1) is 0 Å². The number of methoxy groups -OCH3 is 1.